The quantitative estimate of drug-likeness (QED) is 0.670. The van der Waals surface area contributed by atoms with Crippen LogP contribution in [0.15, 0.2) is 12.1 Å². The molecule has 104 valence electrons. The van der Waals surface area contributed by atoms with Gasteiger partial charge in [0.15, 0.2) is 0 Å². The van der Waals surface area contributed by atoms with Crippen LogP contribution in [0.4, 0.5) is 11.4 Å². The largest absolute Gasteiger partial charge is 0.366 e. The normalized spacial score (nSPS) is 23.5. The summed E-state index contributed by atoms with van der Waals surface area (Å²) >= 11 is 6.02. The van der Waals surface area contributed by atoms with Gasteiger partial charge in [0.1, 0.15) is 5.02 Å². The average Bonchev–Trinajstić information content (AvgIpc) is 2.34. The first-order chi connectivity index (χ1) is 8.90. The molecule has 0 amide bonds. The van der Waals surface area contributed by atoms with E-state index in [1.165, 1.54) is 0 Å². The predicted molar refractivity (Wildman–Crippen MR) is 77.1 cm³/mol. The van der Waals surface area contributed by atoms with Crippen molar-refractivity contribution >= 4 is 23.0 Å². The van der Waals surface area contributed by atoms with Crippen molar-refractivity contribution in [3.63, 3.8) is 0 Å². The summed E-state index contributed by atoms with van der Waals surface area (Å²) in [5.74, 6) is 0. The predicted octanol–water partition coefficient (Wildman–Crippen LogP) is 2.74. The van der Waals surface area contributed by atoms with Gasteiger partial charge in [-0.3, -0.25) is 10.1 Å². The van der Waals surface area contributed by atoms with Gasteiger partial charge in [-0.05, 0) is 32.4 Å². The molecule has 1 aromatic rings. The molecule has 19 heavy (non-hydrogen) atoms. The second-order valence-electron chi connectivity index (χ2n) is 5.16. The van der Waals surface area contributed by atoms with E-state index in [-0.39, 0.29) is 10.7 Å². The Labute approximate surface area is 117 Å². The number of halogens is 1. The highest BCUT2D eigenvalue weighted by atomic mass is 35.5. The molecule has 0 saturated carbocycles. The molecule has 2 unspecified atom stereocenters. The summed E-state index contributed by atoms with van der Waals surface area (Å²) in [5.41, 5.74) is 1.84. The maximum absolute atomic E-state index is 10.9. The van der Waals surface area contributed by atoms with Crippen molar-refractivity contribution in [3.8, 4) is 0 Å². The number of benzene rings is 1. The highest BCUT2D eigenvalue weighted by Gasteiger charge is 2.25. The third-order valence-electron chi connectivity index (χ3n) is 3.54. The van der Waals surface area contributed by atoms with Crippen LogP contribution in [-0.4, -0.2) is 30.1 Å². The molecule has 0 aromatic heterocycles. The minimum Gasteiger partial charge on any atom is -0.366 e. The fraction of sp³-hybridized carbons (Fsp3) is 0.538. The van der Waals surface area contributed by atoms with E-state index in [4.69, 9.17) is 11.6 Å². The second kappa shape index (κ2) is 5.35. The summed E-state index contributed by atoms with van der Waals surface area (Å²) in [5, 5.41) is 14.5. The van der Waals surface area contributed by atoms with Crippen LogP contribution in [-0.2, 0) is 0 Å². The van der Waals surface area contributed by atoms with Gasteiger partial charge >= 0.3 is 0 Å². The zero-order valence-electron chi connectivity index (χ0n) is 11.3. The molecular weight excluding hydrogens is 266 g/mol. The molecular formula is C13H18ClN3O2. The number of rotatable bonds is 2. The van der Waals surface area contributed by atoms with Crippen LogP contribution in [0, 0.1) is 17.0 Å². The Bertz CT molecular complexity index is 507. The molecule has 1 aliphatic heterocycles. The number of nitro benzene ring substituents is 1. The number of hydrogen-bond donors (Lipinski definition) is 1. The Morgan fingerprint density at radius 1 is 1.47 bits per heavy atom. The molecule has 1 fully saturated rings. The number of nitrogens with one attached hydrogen (secondary N) is 1. The molecule has 2 rings (SSSR count). The van der Waals surface area contributed by atoms with E-state index in [9.17, 15) is 10.1 Å². The van der Waals surface area contributed by atoms with E-state index in [1.807, 2.05) is 6.92 Å². The van der Waals surface area contributed by atoms with Crippen molar-refractivity contribution in [2.24, 2.45) is 0 Å². The summed E-state index contributed by atoms with van der Waals surface area (Å²) < 4.78 is 0. The first kappa shape index (κ1) is 14.1. The lowest BCUT2D eigenvalue weighted by Crippen LogP contribution is -2.54. The lowest BCUT2D eigenvalue weighted by atomic mass is 10.1. The summed E-state index contributed by atoms with van der Waals surface area (Å²) in [6, 6.07) is 4.00. The van der Waals surface area contributed by atoms with Gasteiger partial charge in [0.05, 0.1) is 4.92 Å². The standard InChI is InChI=1S/C13H18ClN3O2/c1-8-4-13(17(18)19)11(14)5-12(8)16-7-9(2)15-6-10(16)3/h4-5,9-10,15H,6-7H2,1-3H3. The lowest BCUT2D eigenvalue weighted by molar-refractivity contribution is -0.384. The number of anilines is 1. The highest BCUT2D eigenvalue weighted by molar-refractivity contribution is 6.33. The van der Waals surface area contributed by atoms with Crippen LogP contribution in [0.1, 0.15) is 19.4 Å². The van der Waals surface area contributed by atoms with Crippen LogP contribution in [0.3, 0.4) is 0 Å². The SMILES string of the molecule is Cc1cc([N+](=O)[O-])c(Cl)cc1N1CC(C)NCC1C. The molecule has 1 aliphatic rings. The van der Waals surface area contributed by atoms with Gasteiger partial charge in [0, 0.05) is 36.9 Å². The third-order valence-corrected chi connectivity index (χ3v) is 3.84. The van der Waals surface area contributed by atoms with E-state index in [1.54, 1.807) is 12.1 Å². The van der Waals surface area contributed by atoms with Crippen molar-refractivity contribution in [1.29, 1.82) is 0 Å². The smallest absolute Gasteiger partial charge is 0.288 e. The molecule has 0 radical (unpaired) electrons. The van der Waals surface area contributed by atoms with Gasteiger partial charge in [-0.1, -0.05) is 11.6 Å². The Balaban J connectivity index is 2.39. The van der Waals surface area contributed by atoms with E-state index >= 15 is 0 Å². The number of nitrogens with zero attached hydrogens (tertiary/aromatic N) is 2. The van der Waals surface area contributed by atoms with E-state index in [0.29, 0.717) is 12.1 Å². The molecule has 6 heteroatoms. The Hall–Kier alpha value is -1.33. The number of piperazine rings is 1. The van der Waals surface area contributed by atoms with Crippen molar-refractivity contribution in [2.45, 2.75) is 32.9 Å². The first-order valence-electron chi connectivity index (χ1n) is 6.34. The van der Waals surface area contributed by atoms with Crippen LogP contribution < -0.4 is 10.2 Å². The molecule has 0 spiro atoms. The zero-order valence-corrected chi connectivity index (χ0v) is 12.1. The second-order valence-corrected chi connectivity index (χ2v) is 5.57. The van der Waals surface area contributed by atoms with Crippen LogP contribution in [0.5, 0.6) is 0 Å². The monoisotopic (exact) mass is 283 g/mol. The van der Waals surface area contributed by atoms with Gasteiger partial charge in [-0.15, -0.1) is 0 Å². The maximum atomic E-state index is 10.9. The minimum atomic E-state index is -0.442. The third kappa shape index (κ3) is 2.82. The van der Waals surface area contributed by atoms with Crippen molar-refractivity contribution < 1.29 is 4.92 Å². The highest BCUT2D eigenvalue weighted by Crippen LogP contribution is 2.33. The Kier molecular flexibility index (Phi) is 3.96. The molecule has 1 saturated heterocycles. The summed E-state index contributed by atoms with van der Waals surface area (Å²) in [4.78, 5) is 12.7. The molecule has 2 atom stereocenters. The Morgan fingerprint density at radius 2 is 2.16 bits per heavy atom. The zero-order chi connectivity index (χ0) is 14.2. The van der Waals surface area contributed by atoms with E-state index in [0.717, 1.165) is 24.3 Å². The minimum absolute atomic E-state index is 0.0289. The van der Waals surface area contributed by atoms with Gasteiger partial charge in [0.2, 0.25) is 0 Å². The molecule has 1 N–H and O–H groups in total. The van der Waals surface area contributed by atoms with Crippen LogP contribution in [0.2, 0.25) is 5.02 Å². The molecule has 5 nitrogen and oxygen atoms in total. The number of nitro groups is 1. The summed E-state index contributed by atoms with van der Waals surface area (Å²) in [6.07, 6.45) is 0. The van der Waals surface area contributed by atoms with Crippen molar-refractivity contribution in [1.82, 2.24) is 5.32 Å². The maximum Gasteiger partial charge on any atom is 0.288 e. The van der Waals surface area contributed by atoms with Gasteiger partial charge in [0.25, 0.3) is 5.69 Å². The summed E-state index contributed by atoms with van der Waals surface area (Å²) in [7, 11) is 0. The van der Waals surface area contributed by atoms with Gasteiger partial charge in [-0.25, -0.2) is 0 Å². The van der Waals surface area contributed by atoms with E-state index in [2.05, 4.69) is 24.1 Å². The molecule has 0 bridgehead atoms. The van der Waals surface area contributed by atoms with Crippen LogP contribution in [0.25, 0.3) is 0 Å². The van der Waals surface area contributed by atoms with Gasteiger partial charge in [-0.2, -0.15) is 0 Å². The van der Waals surface area contributed by atoms with Crippen molar-refractivity contribution in [2.75, 3.05) is 18.0 Å². The van der Waals surface area contributed by atoms with Crippen molar-refractivity contribution in [3.05, 3.63) is 32.8 Å². The number of aryl methyl sites for hydroxylation is 1. The average molecular weight is 284 g/mol. The van der Waals surface area contributed by atoms with E-state index < -0.39 is 4.92 Å². The first-order valence-corrected chi connectivity index (χ1v) is 6.72. The fourth-order valence-electron chi connectivity index (χ4n) is 2.46. The van der Waals surface area contributed by atoms with Gasteiger partial charge < -0.3 is 10.2 Å². The molecule has 1 heterocycles. The fourth-order valence-corrected chi connectivity index (χ4v) is 2.69. The molecule has 0 aliphatic carbocycles. The molecule has 1 aromatic carbocycles. The number of hydrogen-bond acceptors (Lipinski definition) is 4. The summed E-state index contributed by atoms with van der Waals surface area (Å²) in [6.45, 7) is 7.91. The lowest BCUT2D eigenvalue weighted by Gasteiger charge is -2.40. The topological polar surface area (TPSA) is 58.4 Å². The van der Waals surface area contributed by atoms with Crippen LogP contribution >= 0.6 is 11.6 Å². The Morgan fingerprint density at radius 3 is 2.79 bits per heavy atom.